The van der Waals surface area contributed by atoms with Gasteiger partial charge in [0.1, 0.15) is 11.4 Å². The van der Waals surface area contributed by atoms with Crippen LogP contribution >= 0.6 is 0 Å². The lowest BCUT2D eigenvalue weighted by atomic mass is 10.3. The zero-order valence-corrected chi connectivity index (χ0v) is 13.0. The Bertz CT molecular complexity index is 729. The van der Waals surface area contributed by atoms with Crippen molar-refractivity contribution in [3.8, 4) is 5.88 Å². The first kappa shape index (κ1) is 16.5. The number of hydrogen-bond donors (Lipinski definition) is 1. The molecule has 7 nitrogen and oxygen atoms in total. The molecule has 0 saturated carbocycles. The molecule has 0 spiro atoms. The van der Waals surface area contributed by atoms with Gasteiger partial charge in [0.25, 0.3) is 5.91 Å². The third kappa shape index (κ3) is 3.85. The summed E-state index contributed by atoms with van der Waals surface area (Å²) in [6, 6.07) is 5.81. The number of ether oxygens (including phenoxy) is 1. The summed E-state index contributed by atoms with van der Waals surface area (Å²) in [4.78, 5) is 25.5. The number of likely N-dealkylation sites (N-methyl/N-ethyl adjacent to an activating group) is 1. The van der Waals surface area contributed by atoms with Crippen molar-refractivity contribution in [2.45, 2.75) is 0 Å². The predicted octanol–water partition coefficient (Wildman–Crippen LogP) is 1.28. The van der Waals surface area contributed by atoms with Crippen molar-refractivity contribution in [1.82, 2.24) is 14.7 Å². The number of aryl methyl sites for hydroxylation is 1. The van der Waals surface area contributed by atoms with Crippen molar-refractivity contribution in [1.29, 1.82) is 0 Å². The zero-order valence-electron chi connectivity index (χ0n) is 13.0. The summed E-state index contributed by atoms with van der Waals surface area (Å²) in [5.41, 5.74) is 0.313. The Balaban J connectivity index is 2.03. The van der Waals surface area contributed by atoms with E-state index in [2.05, 4.69) is 10.4 Å². The maximum Gasteiger partial charge on any atom is 0.261 e. The molecule has 0 aliphatic heterocycles. The van der Waals surface area contributed by atoms with E-state index in [1.54, 1.807) is 13.1 Å². The van der Waals surface area contributed by atoms with Crippen LogP contribution in [0.15, 0.2) is 30.5 Å². The van der Waals surface area contributed by atoms with Crippen molar-refractivity contribution in [2.75, 3.05) is 26.0 Å². The van der Waals surface area contributed by atoms with Crippen LogP contribution in [0.5, 0.6) is 5.88 Å². The fraction of sp³-hybridized carbons (Fsp3) is 0.267. The van der Waals surface area contributed by atoms with Crippen LogP contribution in [0.25, 0.3) is 0 Å². The molecule has 0 radical (unpaired) electrons. The molecule has 2 aromatic rings. The smallest absolute Gasteiger partial charge is 0.261 e. The van der Waals surface area contributed by atoms with E-state index in [1.165, 1.54) is 48.1 Å². The largest absolute Gasteiger partial charge is 0.479 e. The Morgan fingerprint density at radius 3 is 2.74 bits per heavy atom. The van der Waals surface area contributed by atoms with E-state index in [0.717, 1.165) is 0 Å². The minimum Gasteiger partial charge on any atom is -0.479 e. The van der Waals surface area contributed by atoms with E-state index in [1.807, 2.05) is 0 Å². The van der Waals surface area contributed by atoms with Crippen LogP contribution in [-0.4, -0.2) is 47.2 Å². The average Bonchev–Trinajstić information content (AvgIpc) is 2.89. The lowest BCUT2D eigenvalue weighted by molar-refractivity contribution is -0.116. The molecule has 0 bridgehead atoms. The summed E-state index contributed by atoms with van der Waals surface area (Å²) in [5, 5.41) is 6.41. The molecule has 0 saturated heterocycles. The number of carbonyl (C=O) groups is 2. The number of nitrogens with zero attached hydrogens (tertiary/aromatic N) is 3. The number of nitrogens with one attached hydrogen (secondary N) is 1. The molecule has 0 fully saturated rings. The lowest BCUT2D eigenvalue weighted by Gasteiger charge is -2.16. The molecule has 0 aliphatic carbocycles. The van der Waals surface area contributed by atoms with Crippen molar-refractivity contribution < 1.29 is 18.7 Å². The molecule has 0 aliphatic rings. The maximum absolute atomic E-state index is 13.5. The van der Waals surface area contributed by atoms with E-state index in [0.29, 0.717) is 0 Å². The molecule has 0 unspecified atom stereocenters. The van der Waals surface area contributed by atoms with Gasteiger partial charge in [0.05, 0.1) is 19.3 Å². The summed E-state index contributed by atoms with van der Waals surface area (Å²) in [5.74, 6) is -1.28. The number of hydrogen-bond acceptors (Lipinski definition) is 4. The minimum absolute atomic E-state index is 0.0670. The SMILES string of the molecule is COc1nn(C)cc1C(=O)N(C)CC(=O)Nc1ccccc1F. The number of rotatable bonds is 5. The van der Waals surface area contributed by atoms with Crippen LogP contribution in [-0.2, 0) is 11.8 Å². The summed E-state index contributed by atoms with van der Waals surface area (Å²) >= 11 is 0. The number of amides is 2. The fourth-order valence-electron chi connectivity index (χ4n) is 2.01. The molecule has 1 N–H and O–H groups in total. The lowest BCUT2D eigenvalue weighted by Crippen LogP contribution is -2.35. The third-order valence-electron chi connectivity index (χ3n) is 3.09. The molecular formula is C15H17FN4O3. The molecule has 1 heterocycles. The highest BCUT2D eigenvalue weighted by Gasteiger charge is 2.21. The summed E-state index contributed by atoms with van der Waals surface area (Å²) in [7, 11) is 4.53. The number of para-hydroxylation sites is 1. The Hall–Kier alpha value is -2.90. The average molecular weight is 320 g/mol. The monoisotopic (exact) mass is 320 g/mol. The van der Waals surface area contributed by atoms with Gasteiger partial charge in [-0.25, -0.2) is 4.39 Å². The zero-order chi connectivity index (χ0) is 17.0. The van der Waals surface area contributed by atoms with Crippen LogP contribution < -0.4 is 10.1 Å². The van der Waals surface area contributed by atoms with Crippen molar-refractivity contribution in [3.63, 3.8) is 0 Å². The van der Waals surface area contributed by atoms with Gasteiger partial charge in [-0.3, -0.25) is 14.3 Å². The molecule has 1 aromatic heterocycles. The second-order valence-electron chi connectivity index (χ2n) is 4.91. The molecule has 23 heavy (non-hydrogen) atoms. The molecule has 122 valence electrons. The van der Waals surface area contributed by atoms with E-state index >= 15 is 0 Å². The standard InChI is InChI=1S/C15H17FN4O3/c1-19(15(22)10-8-20(2)18-14(10)23-3)9-13(21)17-12-7-5-4-6-11(12)16/h4-8H,9H2,1-3H3,(H,17,21). The third-order valence-corrected chi connectivity index (χ3v) is 3.09. The summed E-state index contributed by atoms with van der Waals surface area (Å²) < 4.78 is 20.0. The van der Waals surface area contributed by atoms with Crippen LogP contribution in [0.3, 0.4) is 0 Å². The Labute approximate surface area is 132 Å². The number of anilines is 1. The highest BCUT2D eigenvalue weighted by atomic mass is 19.1. The van der Waals surface area contributed by atoms with E-state index in [4.69, 9.17) is 4.74 Å². The van der Waals surface area contributed by atoms with Gasteiger partial charge in [-0.15, -0.1) is 5.10 Å². The first-order chi connectivity index (χ1) is 10.9. The summed E-state index contributed by atoms with van der Waals surface area (Å²) in [6.07, 6.45) is 1.51. The predicted molar refractivity (Wildman–Crippen MR) is 81.8 cm³/mol. The molecular weight excluding hydrogens is 303 g/mol. The van der Waals surface area contributed by atoms with E-state index in [-0.39, 0.29) is 23.7 Å². The Morgan fingerprint density at radius 1 is 1.39 bits per heavy atom. The quantitative estimate of drug-likeness (QED) is 0.900. The van der Waals surface area contributed by atoms with E-state index < -0.39 is 17.6 Å². The van der Waals surface area contributed by atoms with Crippen LogP contribution in [0.1, 0.15) is 10.4 Å². The highest BCUT2D eigenvalue weighted by Crippen LogP contribution is 2.17. The number of methoxy groups -OCH3 is 1. The van der Waals surface area contributed by atoms with Gasteiger partial charge >= 0.3 is 0 Å². The number of carbonyl (C=O) groups excluding carboxylic acids is 2. The van der Waals surface area contributed by atoms with Crippen molar-refractivity contribution in [2.24, 2.45) is 7.05 Å². The Morgan fingerprint density at radius 2 is 2.09 bits per heavy atom. The van der Waals surface area contributed by atoms with Crippen LogP contribution in [0, 0.1) is 5.82 Å². The molecule has 0 atom stereocenters. The summed E-state index contributed by atoms with van der Waals surface area (Å²) in [6.45, 7) is -0.231. The number of aromatic nitrogens is 2. The van der Waals surface area contributed by atoms with Crippen LogP contribution in [0.2, 0.25) is 0 Å². The number of halogens is 1. The molecule has 1 aromatic carbocycles. The molecule has 2 amide bonds. The van der Waals surface area contributed by atoms with Crippen LogP contribution in [0.4, 0.5) is 10.1 Å². The minimum atomic E-state index is -0.538. The van der Waals surface area contributed by atoms with Gasteiger partial charge in [0.15, 0.2) is 0 Å². The Kier molecular flexibility index (Phi) is 4.95. The van der Waals surface area contributed by atoms with Gasteiger partial charge in [-0.05, 0) is 12.1 Å². The highest BCUT2D eigenvalue weighted by molar-refractivity contribution is 6.00. The van der Waals surface area contributed by atoms with Gasteiger partial charge < -0.3 is 15.0 Å². The number of benzene rings is 1. The van der Waals surface area contributed by atoms with Gasteiger partial charge in [0, 0.05) is 20.3 Å². The second kappa shape index (κ2) is 6.91. The normalized spacial score (nSPS) is 10.3. The van der Waals surface area contributed by atoms with Gasteiger partial charge in [-0.1, -0.05) is 12.1 Å². The van der Waals surface area contributed by atoms with Crippen molar-refractivity contribution in [3.05, 3.63) is 41.8 Å². The van der Waals surface area contributed by atoms with Gasteiger partial charge in [0.2, 0.25) is 11.8 Å². The molecule has 8 heteroatoms. The topological polar surface area (TPSA) is 76.5 Å². The fourth-order valence-corrected chi connectivity index (χ4v) is 2.01. The molecule has 2 rings (SSSR count). The van der Waals surface area contributed by atoms with E-state index in [9.17, 15) is 14.0 Å². The maximum atomic E-state index is 13.5. The van der Waals surface area contributed by atoms with Crippen molar-refractivity contribution >= 4 is 17.5 Å². The van der Waals surface area contributed by atoms with Gasteiger partial charge in [-0.2, -0.15) is 0 Å². The second-order valence-corrected chi connectivity index (χ2v) is 4.91. The first-order valence-corrected chi connectivity index (χ1v) is 6.80. The first-order valence-electron chi connectivity index (χ1n) is 6.80.